The van der Waals surface area contributed by atoms with Crippen LogP contribution in [0.1, 0.15) is 11.1 Å². The normalized spacial score (nSPS) is 13.0. The summed E-state index contributed by atoms with van der Waals surface area (Å²) >= 11 is 12.4. The summed E-state index contributed by atoms with van der Waals surface area (Å²) < 4.78 is 7.57. The Hall–Kier alpha value is -2.04. The lowest BCUT2D eigenvalue weighted by Gasteiger charge is -2.11. The van der Waals surface area contributed by atoms with E-state index in [0.717, 1.165) is 35.6 Å². The highest BCUT2D eigenvalue weighted by molar-refractivity contribution is 6.43. The molecular formula is C17H13Cl2N3O. The van der Waals surface area contributed by atoms with Gasteiger partial charge in [-0.25, -0.2) is 4.68 Å². The Morgan fingerprint density at radius 3 is 2.91 bits per heavy atom. The number of benzene rings is 2. The molecule has 0 radical (unpaired) electrons. The van der Waals surface area contributed by atoms with Gasteiger partial charge in [0.2, 0.25) is 0 Å². The van der Waals surface area contributed by atoms with E-state index < -0.39 is 0 Å². The Morgan fingerprint density at radius 1 is 1.13 bits per heavy atom. The van der Waals surface area contributed by atoms with Gasteiger partial charge in [0.05, 0.1) is 35.1 Å². The highest BCUT2D eigenvalue weighted by Crippen LogP contribution is 2.34. The number of fused-ring (bicyclic) bond motifs is 1. The molecule has 0 saturated carbocycles. The van der Waals surface area contributed by atoms with Crippen molar-refractivity contribution in [3.05, 3.63) is 63.8 Å². The lowest BCUT2D eigenvalue weighted by molar-refractivity contribution is 0.352. The standard InChI is InChI=1S/C17H13Cl2N3O/c18-14-6-2-5-13(16(14)19)15-9-20-21-22(15)10-12-4-1-3-11-7-8-23-17(11)12/h1-6,9H,7-8,10H2. The molecule has 0 unspecified atom stereocenters. The Bertz CT molecular complexity index is 876. The zero-order valence-electron chi connectivity index (χ0n) is 12.2. The molecule has 0 amide bonds. The van der Waals surface area contributed by atoms with Crippen LogP contribution in [0.25, 0.3) is 11.3 Å². The van der Waals surface area contributed by atoms with Gasteiger partial charge >= 0.3 is 0 Å². The maximum absolute atomic E-state index is 6.33. The molecule has 0 aliphatic carbocycles. The van der Waals surface area contributed by atoms with E-state index in [9.17, 15) is 0 Å². The minimum atomic E-state index is 0.507. The average molecular weight is 346 g/mol. The highest BCUT2D eigenvalue weighted by Gasteiger charge is 2.18. The summed E-state index contributed by atoms with van der Waals surface area (Å²) in [5.74, 6) is 0.964. The first-order valence-electron chi connectivity index (χ1n) is 7.30. The van der Waals surface area contributed by atoms with E-state index in [2.05, 4.69) is 22.4 Å². The van der Waals surface area contributed by atoms with Crippen LogP contribution in [0.2, 0.25) is 10.0 Å². The molecule has 116 valence electrons. The van der Waals surface area contributed by atoms with Gasteiger partial charge in [0.1, 0.15) is 5.75 Å². The summed E-state index contributed by atoms with van der Waals surface area (Å²) in [5, 5.41) is 9.24. The summed E-state index contributed by atoms with van der Waals surface area (Å²) in [6.07, 6.45) is 2.65. The Labute approximate surface area is 143 Å². The van der Waals surface area contributed by atoms with Crippen LogP contribution in [0.5, 0.6) is 5.75 Å². The molecule has 0 atom stereocenters. The number of hydrogen-bond donors (Lipinski definition) is 0. The third kappa shape index (κ3) is 2.58. The van der Waals surface area contributed by atoms with Gasteiger partial charge in [0, 0.05) is 17.5 Å². The predicted octanol–water partition coefficient (Wildman–Crippen LogP) is 4.24. The van der Waals surface area contributed by atoms with E-state index in [0.29, 0.717) is 16.6 Å². The molecule has 1 aliphatic heterocycles. The van der Waals surface area contributed by atoms with Crippen molar-refractivity contribution < 1.29 is 4.74 Å². The van der Waals surface area contributed by atoms with Gasteiger partial charge in [-0.3, -0.25) is 0 Å². The first kappa shape index (κ1) is 14.5. The maximum atomic E-state index is 6.33. The summed E-state index contributed by atoms with van der Waals surface area (Å²) in [6, 6.07) is 11.7. The van der Waals surface area contributed by atoms with Crippen LogP contribution < -0.4 is 4.74 Å². The fraction of sp³-hybridized carbons (Fsp3) is 0.176. The zero-order chi connectivity index (χ0) is 15.8. The van der Waals surface area contributed by atoms with Crippen LogP contribution >= 0.6 is 23.2 Å². The molecule has 4 rings (SSSR count). The monoisotopic (exact) mass is 345 g/mol. The molecule has 2 aromatic carbocycles. The second kappa shape index (κ2) is 5.87. The average Bonchev–Trinajstić information content (AvgIpc) is 3.20. The summed E-state index contributed by atoms with van der Waals surface area (Å²) in [6.45, 7) is 1.30. The fourth-order valence-electron chi connectivity index (χ4n) is 2.85. The molecule has 4 nitrogen and oxygen atoms in total. The second-order valence-corrected chi connectivity index (χ2v) is 6.17. The number of hydrogen-bond acceptors (Lipinski definition) is 3. The minimum absolute atomic E-state index is 0.507. The van der Waals surface area contributed by atoms with Gasteiger partial charge in [-0.05, 0) is 11.6 Å². The third-order valence-electron chi connectivity index (χ3n) is 3.96. The van der Waals surface area contributed by atoms with Crippen LogP contribution in [0.15, 0.2) is 42.6 Å². The topological polar surface area (TPSA) is 39.9 Å². The summed E-state index contributed by atoms with van der Waals surface area (Å²) in [4.78, 5) is 0. The van der Waals surface area contributed by atoms with E-state index in [1.165, 1.54) is 5.56 Å². The molecular weight excluding hydrogens is 333 g/mol. The van der Waals surface area contributed by atoms with Crippen LogP contribution in [-0.4, -0.2) is 21.6 Å². The van der Waals surface area contributed by atoms with Crippen molar-refractivity contribution in [2.75, 3.05) is 6.61 Å². The number of ether oxygens (including phenoxy) is 1. The van der Waals surface area contributed by atoms with Gasteiger partial charge in [0.15, 0.2) is 0 Å². The molecule has 3 aromatic rings. The molecule has 0 fully saturated rings. The van der Waals surface area contributed by atoms with Crippen molar-refractivity contribution in [3.8, 4) is 17.0 Å². The SMILES string of the molecule is Clc1cccc(-c2cnnn2Cc2cccc3c2OCC3)c1Cl. The van der Waals surface area contributed by atoms with Crippen molar-refractivity contribution in [3.63, 3.8) is 0 Å². The molecule has 0 saturated heterocycles. The third-order valence-corrected chi connectivity index (χ3v) is 4.78. The predicted molar refractivity (Wildman–Crippen MR) is 90.2 cm³/mol. The first-order valence-corrected chi connectivity index (χ1v) is 8.06. The Balaban J connectivity index is 1.74. The number of para-hydroxylation sites is 1. The van der Waals surface area contributed by atoms with Crippen molar-refractivity contribution >= 4 is 23.2 Å². The lowest BCUT2D eigenvalue weighted by atomic mass is 10.1. The first-order chi connectivity index (χ1) is 11.2. The largest absolute Gasteiger partial charge is 0.493 e. The molecule has 23 heavy (non-hydrogen) atoms. The number of halogens is 2. The molecule has 2 heterocycles. The molecule has 1 aliphatic rings. The van der Waals surface area contributed by atoms with Gasteiger partial charge in [-0.2, -0.15) is 0 Å². The molecule has 6 heteroatoms. The van der Waals surface area contributed by atoms with Crippen LogP contribution in [0.3, 0.4) is 0 Å². The van der Waals surface area contributed by atoms with Gasteiger partial charge < -0.3 is 4.74 Å². The highest BCUT2D eigenvalue weighted by atomic mass is 35.5. The fourth-order valence-corrected chi connectivity index (χ4v) is 3.25. The van der Waals surface area contributed by atoms with Gasteiger partial charge in [0.25, 0.3) is 0 Å². The molecule has 0 N–H and O–H groups in total. The molecule has 0 bridgehead atoms. The minimum Gasteiger partial charge on any atom is -0.493 e. The molecule has 1 aromatic heterocycles. The van der Waals surface area contributed by atoms with Crippen molar-refractivity contribution in [1.82, 2.24) is 15.0 Å². The van der Waals surface area contributed by atoms with E-state index in [4.69, 9.17) is 27.9 Å². The summed E-state index contributed by atoms with van der Waals surface area (Å²) in [5.41, 5.74) is 3.97. The summed E-state index contributed by atoms with van der Waals surface area (Å²) in [7, 11) is 0. The zero-order valence-corrected chi connectivity index (χ0v) is 13.7. The smallest absolute Gasteiger partial charge is 0.127 e. The van der Waals surface area contributed by atoms with Crippen LogP contribution in [0.4, 0.5) is 0 Å². The Morgan fingerprint density at radius 2 is 2.00 bits per heavy atom. The van der Waals surface area contributed by atoms with E-state index in [1.54, 1.807) is 12.3 Å². The number of rotatable bonds is 3. The van der Waals surface area contributed by atoms with Crippen LogP contribution in [0, 0.1) is 0 Å². The maximum Gasteiger partial charge on any atom is 0.127 e. The van der Waals surface area contributed by atoms with Crippen LogP contribution in [-0.2, 0) is 13.0 Å². The van der Waals surface area contributed by atoms with E-state index >= 15 is 0 Å². The van der Waals surface area contributed by atoms with Gasteiger partial charge in [-0.1, -0.05) is 58.7 Å². The van der Waals surface area contributed by atoms with E-state index in [1.807, 2.05) is 22.9 Å². The Kier molecular flexibility index (Phi) is 3.71. The quantitative estimate of drug-likeness (QED) is 0.712. The number of nitrogens with zero attached hydrogens (tertiary/aromatic N) is 3. The van der Waals surface area contributed by atoms with Crippen molar-refractivity contribution in [2.24, 2.45) is 0 Å². The second-order valence-electron chi connectivity index (χ2n) is 5.38. The van der Waals surface area contributed by atoms with E-state index in [-0.39, 0.29) is 0 Å². The molecule has 0 spiro atoms. The van der Waals surface area contributed by atoms with Crippen molar-refractivity contribution in [2.45, 2.75) is 13.0 Å². The lowest BCUT2D eigenvalue weighted by Crippen LogP contribution is -2.05. The van der Waals surface area contributed by atoms with Gasteiger partial charge in [-0.15, -0.1) is 5.10 Å². The van der Waals surface area contributed by atoms with Crippen molar-refractivity contribution in [1.29, 1.82) is 0 Å². The number of aromatic nitrogens is 3.